The molecule has 11 aromatic carbocycles. The molecule has 0 atom stereocenters. The van der Waals surface area contributed by atoms with Gasteiger partial charge >= 0.3 is 0 Å². The second-order valence-electron chi connectivity index (χ2n) is 13.9. The number of rotatable bonds is 4. The van der Waals surface area contributed by atoms with Gasteiger partial charge in [0.05, 0.1) is 0 Å². The Morgan fingerprint density at radius 1 is 0.212 bits per heavy atom. The third-order valence-electron chi connectivity index (χ3n) is 11.2. The zero-order valence-electron chi connectivity index (χ0n) is 28.5. The molecule has 11 aromatic rings. The van der Waals surface area contributed by atoms with Gasteiger partial charge in [0.2, 0.25) is 0 Å². The smallest absolute Gasteiger partial charge is 0.00137 e. The second-order valence-corrected chi connectivity index (χ2v) is 13.9. The zero-order chi connectivity index (χ0) is 34.2. The van der Waals surface area contributed by atoms with E-state index in [4.69, 9.17) is 0 Å². The van der Waals surface area contributed by atoms with Crippen LogP contribution in [0.5, 0.6) is 0 Å². The molecule has 0 N–H and O–H groups in total. The van der Waals surface area contributed by atoms with E-state index in [1.807, 2.05) is 0 Å². The van der Waals surface area contributed by atoms with E-state index in [9.17, 15) is 0 Å². The molecule has 0 radical (unpaired) electrons. The first-order valence-electron chi connectivity index (χ1n) is 18.1. The van der Waals surface area contributed by atoms with Gasteiger partial charge in [-0.05, 0) is 115 Å². The monoisotopic (exact) mass is 656 g/mol. The summed E-state index contributed by atoms with van der Waals surface area (Å²) in [6.07, 6.45) is 0. The van der Waals surface area contributed by atoms with Crippen molar-refractivity contribution < 1.29 is 0 Å². The van der Waals surface area contributed by atoms with Gasteiger partial charge in [0, 0.05) is 0 Å². The van der Waals surface area contributed by atoms with Gasteiger partial charge in [-0.25, -0.2) is 0 Å². The van der Waals surface area contributed by atoms with Crippen molar-refractivity contribution in [2.45, 2.75) is 0 Å². The standard InChI is InChI=1S/C52H32/c1-3-14-33(15-4-1)37-23-11-18-35-32-36(28-29-39(35)37)49-43-21-9-10-22-45(43)52-48-31-30-41(40-20-8-7-19-38(40)34-16-5-2-6-17-34)42-24-12-25-44(50(42)48)46-26-13-27-47(49)51(46)52/h1-32H. The third-order valence-corrected chi connectivity index (χ3v) is 11.2. The summed E-state index contributed by atoms with van der Waals surface area (Å²) in [7, 11) is 0. The summed E-state index contributed by atoms with van der Waals surface area (Å²) in [6, 6.07) is 71.7. The lowest BCUT2D eigenvalue weighted by molar-refractivity contribution is 1.60. The van der Waals surface area contributed by atoms with Gasteiger partial charge in [-0.3, -0.25) is 0 Å². The predicted octanol–water partition coefficient (Wildman–Crippen LogP) is 14.7. The molecule has 0 spiro atoms. The molecule has 0 bridgehead atoms. The van der Waals surface area contributed by atoms with Crippen molar-refractivity contribution >= 4 is 64.6 Å². The van der Waals surface area contributed by atoms with Gasteiger partial charge < -0.3 is 0 Å². The molecule has 11 rings (SSSR count). The molecule has 0 aromatic heterocycles. The van der Waals surface area contributed by atoms with Crippen molar-refractivity contribution in [1.29, 1.82) is 0 Å². The van der Waals surface area contributed by atoms with Crippen LogP contribution in [0.3, 0.4) is 0 Å². The first kappa shape index (κ1) is 29.0. The third kappa shape index (κ3) is 4.22. The summed E-state index contributed by atoms with van der Waals surface area (Å²) in [5.41, 5.74) is 10.1. The number of hydrogen-bond donors (Lipinski definition) is 0. The van der Waals surface area contributed by atoms with Crippen LogP contribution in [-0.4, -0.2) is 0 Å². The Kier molecular flexibility index (Phi) is 6.35. The maximum absolute atomic E-state index is 2.40. The quantitative estimate of drug-likeness (QED) is 0.131. The minimum atomic E-state index is 1.23. The summed E-state index contributed by atoms with van der Waals surface area (Å²) >= 11 is 0. The van der Waals surface area contributed by atoms with E-state index in [2.05, 4.69) is 194 Å². The lowest BCUT2D eigenvalue weighted by Crippen LogP contribution is -1.93. The Balaban J connectivity index is 1.22. The number of benzene rings is 11. The topological polar surface area (TPSA) is 0 Å². The van der Waals surface area contributed by atoms with Gasteiger partial charge in [-0.2, -0.15) is 0 Å². The highest BCUT2D eigenvalue weighted by Gasteiger charge is 2.21. The van der Waals surface area contributed by atoms with Crippen LogP contribution < -0.4 is 0 Å². The van der Waals surface area contributed by atoms with Crippen molar-refractivity contribution in [2.75, 3.05) is 0 Å². The minimum absolute atomic E-state index is 1.23. The minimum Gasteiger partial charge on any atom is -0.0622 e. The highest BCUT2D eigenvalue weighted by Crippen LogP contribution is 2.49. The molecule has 0 heterocycles. The van der Waals surface area contributed by atoms with E-state index in [-0.39, 0.29) is 0 Å². The molecular formula is C52H32. The SMILES string of the molecule is c1ccc(-c2ccccc2-c2ccc3c4c2cccc4c2cccc4c(-c5ccc6c(-c7ccccc7)cccc6c5)c5ccccc5c3c42)cc1. The Labute approximate surface area is 302 Å². The lowest BCUT2D eigenvalue weighted by atomic mass is 9.81. The van der Waals surface area contributed by atoms with Gasteiger partial charge in [-0.1, -0.05) is 188 Å². The van der Waals surface area contributed by atoms with Crippen LogP contribution in [0.2, 0.25) is 0 Å². The number of fused-ring (bicyclic) bond motifs is 5. The second kappa shape index (κ2) is 11.4. The van der Waals surface area contributed by atoms with Gasteiger partial charge in [0.25, 0.3) is 0 Å². The van der Waals surface area contributed by atoms with Crippen LogP contribution >= 0.6 is 0 Å². The summed E-state index contributed by atoms with van der Waals surface area (Å²) in [4.78, 5) is 0. The fraction of sp³-hybridized carbons (Fsp3) is 0. The highest BCUT2D eigenvalue weighted by atomic mass is 14.2. The van der Waals surface area contributed by atoms with E-state index < -0.39 is 0 Å². The van der Waals surface area contributed by atoms with Gasteiger partial charge in [-0.15, -0.1) is 0 Å². The molecule has 0 amide bonds. The fourth-order valence-electron chi connectivity index (χ4n) is 9.01. The maximum atomic E-state index is 2.40. The maximum Gasteiger partial charge on any atom is -0.00137 e. The molecule has 0 fully saturated rings. The average Bonchev–Trinajstić information content (AvgIpc) is 3.22. The molecule has 0 unspecified atom stereocenters. The number of hydrogen-bond acceptors (Lipinski definition) is 0. The summed E-state index contributed by atoms with van der Waals surface area (Å²) in [6.45, 7) is 0. The van der Waals surface area contributed by atoms with Crippen LogP contribution in [0, 0.1) is 0 Å². The molecule has 0 aliphatic carbocycles. The van der Waals surface area contributed by atoms with E-state index in [1.165, 1.54) is 109 Å². The Bertz CT molecular complexity index is 3150. The molecule has 0 saturated carbocycles. The molecule has 0 saturated heterocycles. The Morgan fingerprint density at radius 2 is 0.731 bits per heavy atom. The Hall–Kier alpha value is -6.76. The van der Waals surface area contributed by atoms with Crippen LogP contribution in [0.4, 0.5) is 0 Å². The van der Waals surface area contributed by atoms with Gasteiger partial charge in [0.1, 0.15) is 0 Å². The molecule has 52 heavy (non-hydrogen) atoms. The van der Waals surface area contributed by atoms with Crippen molar-refractivity contribution in [3.8, 4) is 44.5 Å². The van der Waals surface area contributed by atoms with E-state index in [1.54, 1.807) is 0 Å². The molecule has 0 nitrogen and oxygen atoms in total. The predicted molar refractivity (Wildman–Crippen MR) is 224 cm³/mol. The van der Waals surface area contributed by atoms with Gasteiger partial charge in [0.15, 0.2) is 0 Å². The van der Waals surface area contributed by atoms with Crippen LogP contribution in [0.25, 0.3) is 109 Å². The zero-order valence-corrected chi connectivity index (χ0v) is 28.5. The van der Waals surface area contributed by atoms with Crippen molar-refractivity contribution in [1.82, 2.24) is 0 Å². The summed E-state index contributed by atoms with van der Waals surface area (Å²) in [5.74, 6) is 0. The lowest BCUT2D eigenvalue weighted by Gasteiger charge is -2.21. The van der Waals surface area contributed by atoms with Crippen molar-refractivity contribution in [3.63, 3.8) is 0 Å². The van der Waals surface area contributed by atoms with Crippen molar-refractivity contribution in [3.05, 3.63) is 194 Å². The fourth-order valence-corrected chi connectivity index (χ4v) is 9.01. The molecule has 0 aliphatic rings. The largest absolute Gasteiger partial charge is 0.0622 e. The first-order valence-corrected chi connectivity index (χ1v) is 18.1. The molecular weight excluding hydrogens is 625 g/mol. The van der Waals surface area contributed by atoms with Crippen LogP contribution in [-0.2, 0) is 0 Å². The first-order chi connectivity index (χ1) is 25.8. The van der Waals surface area contributed by atoms with Crippen LogP contribution in [0.15, 0.2) is 194 Å². The molecule has 0 heteroatoms. The summed E-state index contributed by atoms with van der Waals surface area (Å²) in [5, 5.41) is 15.6. The van der Waals surface area contributed by atoms with E-state index in [0.717, 1.165) is 0 Å². The normalized spacial score (nSPS) is 11.8. The highest BCUT2D eigenvalue weighted by molar-refractivity contribution is 6.41. The summed E-state index contributed by atoms with van der Waals surface area (Å²) < 4.78 is 0. The molecule has 240 valence electrons. The average molecular weight is 657 g/mol. The van der Waals surface area contributed by atoms with E-state index in [0.29, 0.717) is 0 Å². The van der Waals surface area contributed by atoms with E-state index >= 15 is 0 Å². The van der Waals surface area contributed by atoms with Crippen LogP contribution in [0.1, 0.15) is 0 Å². The molecule has 0 aliphatic heterocycles. The Morgan fingerprint density at radius 3 is 1.52 bits per heavy atom. The van der Waals surface area contributed by atoms with Crippen molar-refractivity contribution in [2.24, 2.45) is 0 Å².